The molecule has 0 heterocycles. The average Bonchev–Trinajstić information content (AvgIpc) is 2.15. The molecule has 0 aromatic heterocycles. The predicted octanol–water partition coefficient (Wildman–Crippen LogP) is 0.991. The van der Waals surface area contributed by atoms with E-state index in [1.54, 1.807) is 12.1 Å². The molecule has 0 unspecified atom stereocenters. The van der Waals surface area contributed by atoms with E-state index < -0.39 is 0 Å². The Labute approximate surface area is 71.4 Å². The van der Waals surface area contributed by atoms with Gasteiger partial charge in [-0.15, -0.1) is 0 Å². The van der Waals surface area contributed by atoms with Crippen molar-refractivity contribution in [1.29, 1.82) is 5.26 Å². The normalized spacial score (nSPS) is 9.33. The molecule has 1 aromatic carbocycles. The Bertz CT molecular complexity index is 291. The van der Waals surface area contributed by atoms with E-state index in [2.05, 4.69) is 6.07 Å². The van der Waals surface area contributed by atoms with Gasteiger partial charge in [-0.1, -0.05) is 12.1 Å². The van der Waals surface area contributed by atoms with Crippen LogP contribution in [0.25, 0.3) is 0 Å². The lowest BCUT2D eigenvalue weighted by molar-refractivity contribution is 0.127. The monoisotopic (exact) mass is 162 g/mol. The molecule has 1 aromatic rings. The summed E-state index contributed by atoms with van der Waals surface area (Å²) in [5.41, 5.74) is 6.78. The van der Waals surface area contributed by atoms with E-state index in [4.69, 9.17) is 15.7 Å². The van der Waals surface area contributed by atoms with Crippen LogP contribution in [0, 0.1) is 11.3 Å². The molecule has 0 aliphatic carbocycles. The van der Waals surface area contributed by atoms with Crippen molar-refractivity contribution in [2.45, 2.75) is 6.61 Å². The zero-order valence-electron chi connectivity index (χ0n) is 6.66. The lowest BCUT2D eigenvalue weighted by atomic mass is 10.1. The molecule has 3 heteroatoms. The molecule has 3 nitrogen and oxygen atoms in total. The average molecular weight is 162 g/mol. The molecule has 0 aliphatic rings. The molecule has 0 aliphatic heterocycles. The summed E-state index contributed by atoms with van der Waals surface area (Å²) in [4.78, 5) is 0. The van der Waals surface area contributed by atoms with Crippen molar-refractivity contribution in [3.63, 3.8) is 0 Å². The third-order valence-corrected chi connectivity index (χ3v) is 1.44. The number of rotatable bonds is 3. The van der Waals surface area contributed by atoms with Crippen molar-refractivity contribution in [3.8, 4) is 6.07 Å². The van der Waals surface area contributed by atoms with Crippen LogP contribution in [0.15, 0.2) is 24.3 Å². The van der Waals surface area contributed by atoms with E-state index >= 15 is 0 Å². The molecule has 0 saturated heterocycles. The molecular weight excluding hydrogens is 152 g/mol. The van der Waals surface area contributed by atoms with Gasteiger partial charge in [0.2, 0.25) is 0 Å². The number of hydrogen-bond donors (Lipinski definition) is 1. The topological polar surface area (TPSA) is 59.0 Å². The number of ether oxygens (including phenoxy) is 1. The molecule has 0 bridgehead atoms. The van der Waals surface area contributed by atoms with E-state index in [1.165, 1.54) is 0 Å². The van der Waals surface area contributed by atoms with Crippen LogP contribution in [0.1, 0.15) is 11.1 Å². The largest absolute Gasteiger partial charge is 0.362 e. The fourth-order valence-electron chi connectivity index (χ4n) is 0.907. The lowest BCUT2D eigenvalue weighted by Crippen LogP contribution is -2.04. The van der Waals surface area contributed by atoms with Crippen molar-refractivity contribution in [1.82, 2.24) is 0 Å². The number of nitriles is 1. The zero-order chi connectivity index (χ0) is 8.81. The van der Waals surface area contributed by atoms with E-state index in [9.17, 15) is 0 Å². The summed E-state index contributed by atoms with van der Waals surface area (Å²) in [5, 5.41) is 8.57. The summed E-state index contributed by atoms with van der Waals surface area (Å²) in [7, 11) is 0. The molecule has 0 atom stereocenters. The minimum Gasteiger partial charge on any atom is -0.362 e. The third-order valence-electron chi connectivity index (χ3n) is 1.44. The summed E-state index contributed by atoms with van der Waals surface area (Å²) >= 11 is 0. The van der Waals surface area contributed by atoms with Gasteiger partial charge in [0.05, 0.1) is 25.0 Å². The number of benzene rings is 1. The highest BCUT2D eigenvalue weighted by atomic mass is 16.5. The molecule has 0 saturated carbocycles. The van der Waals surface area contributed by atoms with Gasteiger partial charge < -0.3 is 10.5 Å². The van der Waals surface area contributed by atoms with Crippen LogP contribution in [0.3, 0.4) is 0 Å². The highest BCUT2D eigenvalue weighted by molar-refractivity contribution is 5.32. The van der Waals surface area contributed by atoms with Gasteiger partial charge in [0.25, 0.3) is 0 Å². The number of hydrogen-bond acceptors (Lipinski definition) is 3. The second kappa shape index (κ2) is 4.50. The van der Waals surface area contributed by atoms with Crippen LogP contribution >= 0.6 is 0 Å². The molecule has 0 amide bonds. The van der Waals surface area contributed by atoms with Gasteiger partial charge in [-0.3, -0.25) is 0 Å². The first-order valence-corrected chi connectivity index (χ1v) is 3.63. The fraction of sp³-hybridized carbons (Fsp3) is 0.222. The second-order valence-corrected chi connectivity index (χ2v) is 2.33. The Morgan fingerprint density at radius 1 is 1.50 bits per heavy atom. The van der Waals surface area contributed by atoms with Crippen LogP contribution in [0.4, 0.5) is 0 Å². The fourth-order valence-corrected chi connectivity index (χ4v) is 0.907. The minimum absolute atomic E-state index is 0.205. The van der Waals surface area contributed by atoms with Gasteiger partial charge in [-0.05, 0) is 17.7 Å². The molecule has 1 rings (SSSR count). The van der Waals surface area contributed by atoms with Crippen LogP contribution < -0.4 is 5.73 Å². The van der Waals surface area contributed by atoms with Crippen molar-refractivity contribution in [2.75, 3.05) is 6.73 Å². The molecule has 62 valence electrons. The summed E-state index contributed by atoms with van der Waals surface area (Å²) in [5.74, 6) is 0. The summed E-state index contributed by atoms with van der Waals surface area (Å²) in [6, 6.07) is 9.33. The van der Waals surface area contributed by atoms with Crippen molar-refractivity contribution in [2.24, 2.45) is 5.73 Å². The molecule has 0 spiro atoms. The zero-order valence-corrected chi connectivity index (χ0v) is 6.66. The SMILES string of the molecule is N#Cc1cccc(COCN)c1. The lowest BCUT2D eigenvalue weighted by Gasteiger charge is -2.00. The first kappa shape index (κ1) is 8.72. The van der Waals surface area contributed by atoms with Gasteiger partial charge in [0.15, 0.2) is 0 Å². The first-order chi connectivity index (χ1) is 5.86. The van der Waals surface area contributed by atoms with Gasteiger partial charge in [-0.2, -0.15) is 5.26 Å². The maximum Gasteiger partial charge on any atom is 0.0991 e. The quantitative estimate of drug-likeness (QED) is 0.674. The predicted molar refractivity (Wildman–Crippen MR) is 45.0 cm³/mol. The highest BCUT2D eigenvalue weighted by Gasteiger charge is 1.93. The van der Waals surface area contributed by atoms with Crippen molar-refractivity contribution in [3.05, 3.63) is 35.4 Å². The molecular formula is C9H10N2O. The van der Waals surface area contributed by atoms with Crippen LogP contribution in [-0.4, -0.2) is 6.73 Å². The van der Waals surface area contributed by atoms with E-state index in [0.29, 0.717) is 12.2 Å². The van der Waals surface area contributed by atoms with Crippen molar-refractivity contribution < 1.29 is 4.74 Å². The third kappa shape index (κ3) is 2.35. The summed E-state index contributed by atoms with van der Waals surface area (Å²) in [6.07, 6.45) is 0. The molecule has 0 fully saturated rings. The van der Waals surface area contributed by atoms with Gasteiger partial charge in [0, 0.05) is 0 Å². The smallest absolute Gasteiger partial charge is 0.0991 e. The van der Waals surface area contributed by atoms with Crippen molar-refractivity contribution >= 4 is 0 Å². The van der Waals surface area contributed by atoms with Gasteiger partial charge in [0.1, 0.15) is 0 Å². The van der Waals surface area contributed by atoms with Gasteiger partial charge >= 0.3 is 0 Å². The Morgan fingerprint density at radius 2 is 2.33 bits per heavy atom. The Morgan fingerprint density at radius 3 is 3.00 bits per heavy atom. The van der Waals surface area contributed by atoms with E-state index in [1.807, 2.05) is 12.1 Å². The summed E-state index contributed by atoms with van der Waals surface area (Å²) < 4.78 is 4.99. The molecule has 2 N–H and O–H groups in total. The maximum atomic E-state index is 8.57. The molecule has 12 heavy (non-hydrogen) atoms. The van der Waals surface area contributed by atoms with Gasteiger partial charge in [-0.25, -0.2) is 0 Å². The maximum absolute atomic E-state index is 8.57. The minimum atomic E-state index is 0.205. The van der Waals surface area contributed by atoms with Crippen LogP contribution in [-0.2, 0) is 11.3 Å². The highest BCUT2D eigenvalue weighted by Crippen LogP contribution is 2.04. The summed E-state index contributed by atoms with van der Waals surface area (Å²) in [6.45, 7) is 0.669. The number of nitrogens with zero attached hydrogens (tertiary/aromatic N) is 1. The van der Waals surface area contributed by atoms with Crippen LogP contribution in [0.5, 0.6) is 0 Å². The Kier molecular flexibility index (Phi) is 3.27. The van der Waals surface area contributed by atoms with E-state index in [-0.39, 0.29) is 6.73 Å². The Hall–Kier alpha value is -1.37. The van der Waals surface area contributed by atoms with E-state index in [0.717, 1.165) is 5.56 Å². The van der Waals surface area contributed by atoms with Crippen LogP contribution in [0.2, 0.25) is 0 Å². The Balaban J connectivity index is 2.68. The second-order valence-electron chi connectivity index (χ2n) is 2.33. The number of nitrogens with two attached hydrogens (primary N) is 1. The molecule has 0 radical (unpaired) electrons. The first-order valence-electron chi connectivity index (χ1n) is 3.63. The standard InChI is InChI=1S/C9H10N2O/c10-5-8-2-1-3-9(4-8)6-12-7-11/h1-4H,6-7,11H2.